The molecule has 2 aliphatic rings. The van der Waals surface area contributed by atoms with Crippen LogP contribution in [0.25, 0.3) is 0 Å². The molecule has 8 heteroatoms. The molecule has 2 N–H and O–H groups in total. The lowest BCUT2D eigenvalue weighted by molar-refractivity contribution is -0.128. The van der Waals surface area contributed by atoms with E-state index in [-0.39, 0.29) is 5.91 Å². The quantitative estimate of drug-likeness (QED) is 0.726. The van der Waals surface area contributed by atoms with Gasteiger partial charge in [-0.05, 0) is 24.5 Å². The van der Waals surface area contributed by atoms with Gasteiger partial charge in [0, 0.05) is 32.2 Å². The van der Waals surface area contributed by atoms with Crippen molar-refractivity contribution in [2.75, 3.05) is 49.6 Å². The number of aryl methyl sites for hydroxylation is 1. The van der Waals surface area contributed by atoms with E-state index in [1.165, 1.54) is 0 Å². The number of fused-ring (bicyclic) bond motifs is 1. The molecule has 1 aromatic carbocycles. The van der Waals surface area contributed by atoms with Crippen LogP contribution in [-0.2, 0) is 16.0 Å². The van der Waals surface area contributed by atoms with Gasteiger partial charge in [-0.15, -0.1) is 0 Å². The van der Waals surface area contributed by atoms with E-state index in [1.54, 1.807) is 6.33 Å². The number of carbonyl (C=O) groups excluding carboxylic acids is 1. The molecule has 4 rings (SSSR count). The molecule has 0 spiro atoms. The van der Waals surface area contributed by atoms with Crippen LogP contribution in [0.4, 0.5) is 11.6 Å². The third-order valence-electron chi connectivity index (χ3n) is 4.93. The first-order chi connectivity index (χ1) is 13.8. The highest BCUT2D eigenvalue weighted by molar-refractivity contribution is 5.81. The number of morpholine rings is 1. The zero-order valence-electron chi connectivity index (χ0n) is 15.8. The Labute approximate surface area is 164 Å². The van der Waals surface area contributed by atoms with Crippen LogP contribution in [0.3, 0.4) is 0 Å². The number of anilines is 2. The van der Waals surface area contributed by atoms with Crippen molar-refractivity contribution in [1.82, 2.24) is 15.3 Å². The number of aromatic nitrogens is 2. The molecule has 1 amide bonds. The average Bonchev–Trinajstić information content (AvgIpc) is 2.77. The Kier molecular flexibility index (Phi) is 5.86. The van der Waals surface area contributed by atoms with Crippen LogP contribution in [0.5, 0.6) is 5.75 Å². The fraction of sp³-hybridized carbons (Fsp3) is 0.450. The van der Waals surface area contributed by atoms with Crippen LogP contribution in [0.2, 0.25) is 0 Å². The summed E-state index contributed by atoms with van der Waals surface area (Å²) in [5, 5.41) is 6.17. The van der Waals surface area contributed by atoms with Crippen molar-refractivity contribution in [2.45, 2.75) is 18.9 Å². The number of carbonyl (C=O) groups is 1. The summed E-state index contributed by atoms with van der Waals surface area (Å²) in [5.74, 6) is 2.37. The van der Waals surface area contributed by atoms with Crippen LogP contribution in [-0.4, -0.2) is 61.4 Å². The highest BCUT2D eigenvalue weighted by atomic mass is 16.5. The molecular formula is C20H25N5O3. The number of nitrogens with one attached hydrogen (secondary N) is 2. The number of rotatable bonds is 6. The smallest absolute Gasteiger partial charge is 0.261 e. The van der Waals surface area contributed by atoms with Crippen LogP contribution >= 0.6 is 0 Å². The van der Waals surface area contributed by atoms with E-state index < -0.39 is 6.10 Å². The molecule has 1 aromatic heterocycles. The van der Waals surface area contributed by atoms with Crippen LogP contribution in [0.1, 0.15) is 12.0 Å². The first-order valence-electron chi connectivity index (χ1n) is 9.70. The summed E-state index contributed by atoms with van der Waals surface area (Å²) in [6.45, 7) is 4.17. The zero-order chi connectivity index (χ0) is 19.2. The number of benzene rings is 1. The molecule has 0 saturated carbocycles. The van der Waals surface area contributed by atoms with Gasteiger partial charge in [0.2, 0.25) is 0 Å². The largest absolute Gasteiger partial charge is 0.480 e. The van der Waals surface area contributed by atoms with E-state index in [0.29, 0.717) is 32.7 Å². The van der Waals surface area contributed by atoms with E-state index in [0.717, 1.165) is 42.5 Å². The van der Waals surface area contributed by atoms with Crippen molar-refractivity contribution in [1.29, 1.82) is 0 Å². The predicted molar refractivity (Wildman–Crippen MR) is 106 cm³/mol. The lowest BCUT2D eigenvalue weighted by atomic mass is 10.0. The molecule has 1 saturated heterocycles. The SMILES string of the molecule is O=C(NCCNc1cc(N2CCOCC2)ncn1)C1CCc2ccccc2O1. The Morgan fingerprint density at radius 2 is 2.04 bits per heavy atom. The zero-order valence-corrected chi connectivity index (χ0v) is 15.8. The lowest BCUT2D eigenvalue weighted by Crippen LogP contribution is -2.42. The number of amides is 1. The number of ether oxygens (including phenoxy) is 2. The summed E-state index contributed by atoms with van der Waals surface area (Å²) in [7, 11) is 0. The van der Waals surface area contributed by atoms with E-state index >= 15 is 0 Å². The van der Waals surface area contributed by atoms with Gasteiger partial charge in [0.25, 0.3) is 5.91 Å². The minimum Gasteiger partial charge on any atom is -0.480 e. The summed E-state index contributed by atoms with van der Waals surface area (Å²) < 4.78 is 11.2. The van der Waals surface area contributed by atoms with Gasteiger partial charge in [-0.25, -0.2) is 9.97 Å². The van der Waals surface area contributed by atoms with Crippen molar-refractivity contribution >= 4 is 17.5 Å². The van der Waals surface area contributed by atoms with Gasteiger partial charge in [0.05, 0.1) is 13.2 Å². The van der Waals surface area contributed by atoms with E-state index in [9.17, 15) is 4.79 Å². The first kappa shape index (κ1) is 18.5. The molecule has 0 bridgehead atoms. The fourth-order valence-corrected chi connectivity index (χ4v) is 3.41. The second kappa shape index (κ2) is 8.88. The highest BCUT2D eigenvalue weighted by Gasteiger charge is 2.25. The number of para-hydroxylation sites is 1. The van der Waals surface area contributed by atoms with Crippen molar-refractivity contribution < 1.29 is 14.3 Å². The molecule has 1 atom stereocenters. The van der Waals surface area contributed by atoms with Gasteiger partial charge in [-0.3, -0.25) is 4.79 Å². The highest BCUT2D eigenvalue weighted by Crippen LogP contribution is 2.27. The Bertz CT molecular complexity index is 810. The maximum Gasteiger partial charge on any atom is 0.261 e. The minimum atomic E-state index is -0.429. The summed E-state index contributed by atoms with van der Waals surface area (Å²) in [6, 6.07) is 9.80. The standard InChI is InChI=1S/C20H25N5O3/c26-20(17-6-5-15-3-1-2-4-16(15)28-17)22-8-7-21-18-13-19(24-14-23-18)25-9-11-27-12-10-25/h1-4,13-14,17H,5-12H2,(H,22,26)(H,21,23,24). The fourth-order valence-electron chi connectivity index (χ4n) is 3.41. The molecule has 2 aromatic rings. The van der Waals surface area contributed by atoms with Crippen LogP contribution in [0.15, 0.2) is 36.7 Å². The molecule has 2 aliphatic heterocycles. The topological polar surface area (TPSA) is 88.6 Å². The Balaban J connectivity index is 1.22. The molecule has 8 nitrogen and oxygen atoms in total. The van der Waals surface area contributed by atoms with Gasteiger partial charge < -0.3 is 25.0 Å². The van der Waals surface area contributed by atoms with E-state index in [4.69, 9.17) is 9.47 Å². The van der Waals surface area contributed by atoms with Crippen LogP contribution < -0.4 is 20.3 Å². The van der Waals surface area contributed by atoms with Crippen molar-refractivity contribution in [3.8, 4) is 5.75 Å². The van der Waals surface area contributed by atoms with Gasteiger partial charge >= 0.3 is 0 Å². The summed E-state index contributed by atoms with van der Waals surface area (Å²) in [5.41, 5.74) is 1.16. The van der Waals surface area contributed by atoms with Crippen molar-refractivity contribution in [3.63, 3.8) is 0 Å². The Hall–Kier alpha value is -2.87. The van der Waals surface area contributed by atoms with E-state index in [1.807, 2.05) is 30.3 Å². The number of hydrogen-bond acceptors (Lipinski definition) is 7. The molecule has 148 valence electrons. The monoisotopic (exact) mass is 383 g/mol. The third kappa shape index (κ3) is 4.51. The minimum absolute atomic E-state index is 0.0759. The molecule has 0 aliphatic carbocycles. The maximum absolute atomic E-state index is 12.4. The van der Waals surface area contributed by atoms with Crippen molar-refractivity contribution in [3.05, 3.63) is 42.2 Å². The lowest BCUT2D eigenvalue weighted by Gasteiger charge is -2.27. The van der Waals surface area contributed by atoms with Crippen molar-refractivity contribution in [2.24, 2.45) is 0 Å². The predicted octanol–water partition coefficient (Wildman–Crippen LogP) is 1.24. The van der Waals surface area contributed by atoms with Gasteiger partial charge in [-0.2, -0.15) is 0 Å². The number of hydrogen-bond donors (Lipinski definition) is 2. The van der Waals surface area contributed by atoms with E-state index in [2.05, 4.69) is 25.5 Å². The van der Waals surface area contributed by atoms with Gasteiger partial charge in [-0.1, -0.05) is 18.2 Å². The first-order valence-corrected chi connectivity index (χ1v) is 9.70. The van der Waals surface area contributed by atoms with Gasteiger partial charge in [0.15, 0.2) is 6.10 Å². The average molecular weight is 383 g/mol. The Morgan fingerprint density at radius 1 is 1.18 bits per heavy atom. The second-order valence-electron chi connectivity index (χ2n) is 6.83. The molecule has 28 heavy (non-hydrogen) atoms. The molecular weight excluding hydrogens is 358 g/mol. The molecule has 3 heterocycles. The molecule has 1 fully saturated rings. The molecule has 1 unspecified atom stereocenters. The molecule has 0 radical (unpaired) electrons. The third-order valence-corrected chi connectivity index (χ3v) is 4.93. The maximum atomic E-state index is 12.4. The summed E-state index contributed by atoms with van der Waals surface area (Å²) in [4.78, 5) is 23.1. The second-order valence-corrected chi connectivity index (χ2v) is 6.83. The van der Waals surface area contributed by atoms with Gasteiger partial charge in [0.1, 0.15) is 23.7 Å². The van der Waals surface area contributed by atoms with Crippen LogP contribution in [0, 0.1) is 0 Å². The Morgan fingerprint density at radius 3 is 2.93 bits per heavy atom. The summed E-state index contributed by atoms with van der Waals surface area (Å²) >= 11 is 0. The number of nitrogens with zero attached hydrogens (tertiary/aromatic N) is 3. The normalized spacial score (nSPS) is 18.7. The summed E-state index contributed by atoms with van der Waals surface area (Å²) in [6.07, 6.45) is 2.68.